The van der Waals surface area contributed by atoms with Crippen LogP contribution < -0.4 is 5.32 Å². The van der Waals surface area contributed by atoms with Crippen molar-refractivity contribution < 1.29 is 19.1 Å². The van der Waals surface area contributed by atoms with Crippen molar-refractivity contribution >= 4 is 12.1 Å². The predicted molar refractivity (Wildman–Crippen MR) is 116 cm³/mol. The number of ether oxygens (including phenoxy) is 2. The first kappa shape index (κ1) is 22.2. The zero-order chi connectivity index (χ0) is 22.2. The summed E-state index contributed by atoms with van der Waals surface area (Å²) < 4.78 is 12.4. The molecule has 7 nitrogen and oxygen atoms in total. The zero-order valence-electron chi connectivity index (χ0n) is 19.4. The number of nitrogens with zero attached hydrogens (tertiary/aromatic N) is 2. The molecule has 4 fully saturated rings. The fourth-order valence-corrected chi connectivity index (χ4v) is 6.67. The van der Waals surface area contributed by atoms with E-state index in [2.05, 4.69) is 14.9 Å². The summed E-state index contributed by atoms with van der Waals surface area (Å²) in [5.74, 6) is 2.33. The van der Waals surface area contributed by atoms with Crippen LogP contribution in [0.15, 0.2) is 12.5 Å². The highest BCUT2D eigenvalue weighted by Gasteiger charge is 2.50. The molecule has 1 unspecified atom stereocenters. The third-order valence-electron chi connectivity index (χ3n) is 7.44. The largest absolute Gasteiger partial charge is 0.467 e. The maximum Gasteiger partial charge on any atom is 0.408 e. The molecular formula is C24H37N3O4. The van der Waals surface area contributed by atoms with Gasteiger partial charge in [-0.1, -0.05) is 0 Å². The Bertz CT molecular complexity index is 775. The lowest BCUT2D eigenvalue weighted by atomic mass is 9.49. The van der Waals surface area contributed by atoms with Crippen LogP contribution in [0.25, 0.3) is 0 Å². The number of esters is 1. The van der Waals surface area contributed by atoms with Gasteiger partial charge in [-0.2, -0.15) is 0 Å². The highest BCUT2D eigenvalue weighted by molar-refractivity contribution is 5.81. The monoisotopic (exact) mass is 431 g/mol. The molecule has 0 spiro atoms. The molecule has 0 aliphatic heterocycles. The van der Waals surface area contributed by atoms with Crippen molar-refractivity contribution in [2.75, 3.05) is 7.11 Å². The van der Waals surface area contributed by atoms with E-state index in [1.165, 1.54) is 52.1 Å². The highest BCUT2D eigenvalue weighted by atomic mass is 16.6. The summed E-state index contributed by atoms with van der Waals surface area (Å²) in [6.45, 7) is 6.28. The minimum Gasteiger partial charge on any atom is -0.467 e. The van der Waals surface area contributed by atoms with Crippen molar-refractivity contribution in [1.29, 1.82) is 0 Å². The van der Waals surface area contributed by atoms with Crippen LogP contribution in [0, 0.1) is 23.2 Å². The Labute approximate surface area is 185 Å². The summed E-state index contributed by atoms with van der Waals surface area (Å²) in [4.78, 5) is 28.9. The average Bonchev–Trinajstić information content (AvgIpc) is 3.10. The normalized spacial score (nSPS) is 30.1. The summed E-state index contributed by atoms with van der Waals surface area (Å²) in [6.07, 6.45) is 13.0. The van der Waals surface area contributed by atoms with Gasteiger partial charge in [-0.15, -0.1) is 0 Å². The Morgan fingerprint density at radius 2 is 1.81 bits per heavy atom. The molecule has 0 radical (unpaired) electrons. The highest BCUT2D eigenvalue weighted by Crippen LogP contribution is 2.61. The molecule has 1 aromatic heterocycles. The SMILES string of the molecule is COC(=O)C(Cc1cncn1CCC12CC3CC(CC(C3)C1)C2)NC(=O)OC(C)(C)C. The Morgan fingerprint density at radius 3 is 2.35 bits per heavy atom. The lowest BCUT2D eigenvalue weighted by Crippen LogP contribution is -2.46. The van der Waals surface area contributed by atoms with E-state index in [-0.39, 0.29) is 0 Å². The Kier molecular flexibility index (Phi) is 6.05. The second-order valence-corrected chi connectivity index (χ2v) is 11.2. The van der Waals surface area contributed by atoms with E-state index in [0.29, 0.717) is 11.8 Å². The molecule has 4 bridgehead atoms. The number of hydrogen-bond acceptors (Lipinski definition) is 5. The molecule has 5 rings (SSSR count). The van der Waals surface area contributed by atoms with Crippen LogP contribution >= 0.6 is 0 Å². The number of methoxy groups -OCH3 is 1. The van der Waals surface area contributed by atoms with Gasteiger partial charge in [0.15, 0.2) is 0 Å². The number of hydrogen-bond donors (Lipinski definition) is 1. The van der Waals surface area contributed by atoms with Crippen molar-refractivity contribution in [2.45, 2.75) is 90.3 Å². The maximum absolute atomic E-state index is 12.3. The fourth-order valence-electron chi connectivity index (χ4n) is 6.67. The van der Waals surface area contributed by atoms with Crippen LogP contribution in [0.2, 0.25) is 0 Å². The van der Waals surface area contributed by atoms with Crippen LogP contribution in [0.3, 0.4) is 0 Å². The lowest BCUT2D eigenvalue weighted by Gasteiger charge is -2.57. The molecule has 4 aliphatic rings. The van der Waals surface area contributed by atoms with Gasteiger partial charge >= 0.3 is 12.1 Å². The number of alkyl carbamates (subject to hydrolysis) is 1. The molecule has 4 saturated carbocycles. The Morgan fingerprint density at radius 1 is 1.19 bits per heavy atom. The van der Waals surface area contributed by atoms with Crippen molar-refractivity contribution in [3.63, 3.8) is 0 Å². The van der Waals surface area contributed by atoms with Crippen molar-refractivity contribution in [1.82, 2.24) is 14.9 Å². The minimum atomic E-state index is -0.810. The quantitative estimate of drug-likeness (QED) is 0.657. The molecule has 1 atom stereocenters. The smallest absolute Gasteiger partial charge is 0.408 e. The van der Waals surface area contributed by atoms with Crippen molar-refractivity contribution in [3.8, 4) is 0 Å². The van der Waals surface area contributed by atoms with Gasteiger partial charge in [0.25, 0.3) is 0 Å². The standard InChI is InChI=1S/C24H37N3O4/c1-23(2,3)31-22(29)26-20(21(28)30-4)10-19-14-25-15-27(19)6-5-24-11-16-7-17(12-24)9-18(8-16)13-24/h14-18,20H,5-13H2,1-4H3,(H,26,29). The molecule has 1 aromatic rings. The number of aryl methyl sites for hydroxylation is 1. The summed E-state index contributed by atoms with van der Waals surface area (Å²) >= 11 is 0. The minimum absolute atomic E-state index is 0.326. The van der Waals surface area contributed by atoms with Gasteiger partial charge < -0.3 is 19.4 Å². The van der Waals surface area contributed by atoms with Gasteiger partial charge in [-0.05, 0) is 88.9 Å². The Hall–Kier alpha value is -2.05. The van der Waals surface area contributed by atoms with Crippen molar-refractivity contribution in [3.05, 3.63) is 18.2 Å². The molecule has 172 valence electrons. The van der Waals surface area contributed by atoms with Crippen LogP contribution in [-0.2, 0) is 27.2 Å². The molecule has 7 heteroatoms. The van der Waals surface area contributed by atoms with E-state index in [0.717, 1.165) is 30.0 Å². The van der Waals surface area contributed by atoms with Gasteiger partial charge in [0.05, 0.1) is 13.4 Å². The number of carbonyl (C=O) groups excluding carboxylic acids is 2. The van der Waals surface area contributed by atoms with E-state index in [1.54, 1.807) is 27.0 Å². The maximum atomic E-state index is 12.3. The predicted octanol–water partition coefficient (Wildman–Crippen LogP) is 4.10. The first-order chi connectivity index (χ1) is 14.6. The van der Waals surface area contributed by atoms with Gasteiger partial charge in [0.1, 0.15) is 11.6 Å². The molecule has 4 aliphatic carbocycles. The second-order valence-electron chi connectivity index (χ2n) is 11.2. The number of amides is 1. The first-order valence-electron chi connectivity index (χ1n) is 11.7. The molecule has 1 amide bonds. The van der Waals surface area contributed by atoms with Crippen LogP contribution in [0.4, 0.5) is 4.79 Å². The van der Waals surface area contributed by atoms with Crippen LogP contribution in [0.5, 0.6) is 0 Å². The first-order valence-corrected chi connectivity index (χ1v) is 11.7. The average molecular weight is 432 g/mol. The summed E-state index contributed by atoms with van der Waals surface area (Å²) in [6, 6.07) is -0.810. The summed E-state index contributed by atoms with van der Waals surface area (Å²) in [7, 11) is 1.33. The zero-order valence-corrected chi connectivity index (χ0v) is 19.4. The third kappa shape index (κ3) is 5.24. The Balaban J connectivity index is 1.39. The molecule has 1 N–H and O–H groups in total. The van der Waals surface area contributed by atoms with E-state index in [1.807, 2.05) is 6.33 Å². The van der Waals surface area contributed by atoms with E-state index >= 15 is 0 Å². The van der Waals surface area contributed by atoms with Gasteiger partial charge in [-0.3, -0.25) is 0 Å². The van der Waals surface area contributed by atoms with Gasteiger partial charge in [0.2, 0.25) is 0 Å². The van der Waals surface area contributed by atoms with E-state index in [4.69, 9.17) is 9.47 Å². The topological polar surface area (TPSA) is 82.5 Å². The van der Waals surface area contributed by atoms with Gasteiger partial charge in [-0.25, -0.2) is 14.6 Å². The third-order valence-corrected chi connectivity index (χ3v) is 7.44. The van der Waals surface area contributed by atoms with Crippen LogP contribution in [-0.4, -0.2) is 40.4 Å². The van der Waals surface area contributed by atoms with E-state index < -0.39 is 23.7 Å². The molecule has 31 heavy (non-hydrogen) atoms. The number of rotatable bonds is 7. The number of aromatic nitrogens is 2. The van der Waals surface area contributed by atoms with Crippen molar-refractivity contribution in [2.24, 2.45) is 23.2 Å². The molecule has 0 aromatic carbocycles. The summed E-state index contributed by atoms with van der Waals surface area (Å²) in [5.41, 5.74) is 0.785. The van der Waals surface area contributed by atoms with Crippen LogP contribution in [0.1, 0.15) is 71.4 Å². The number of imidazole rings is 1. The van der Waals surface area contributed by atoms with Gasteiger partial charge in [0, 0.05) is 24.9 Å². The molecule has 0 saturated heterocycles. The number of nitrogens with one attached hydrogen (secondary N) is 1. The number of carbonyl (C=O) groups is 2. The summed E-state index contributed by atoms with van der Waals surface area (Å²) in [5, 5.41) is 2.66. The molecule has 1 heterocycles. The molecular weight excluding hydrogens is 394 g/mol. The fraction of sp³-hybridized carbons (Fsp3) is 0.792. The van der Waals surface area contributed by atoms with E-state index in [9.17, 15) is 9.59 Å². The lowest BCUT2D eigenvalue weighted by molar-refractivity contribution is -0.143. The second kappa shape index (κ2) is 8.47.